The zero-order valence-electron chi connectivity index (χ0n) is 13.7. The second-order valence-electron chi connectivity index (χ2n) is 5.53. The fraction of sp³-hybridized carbons (Fsp3) is 0.176. The Labute approximate surface area is 159 Å². The first kappa shape index (κ1) is 18.8. The minimum Gasteiger partial charge on any atom is -0.355 e. The van der Waals surface area contributed by atoms with E-state index in [1.54, 1.807) is 23.5 Å². The van der Waals surface area contributed by atoms with Crippen molar-refractivity contribution in [1.29, 1.82) is 0 Å². The maximum absolute atomic E-state index is 12.0. The number of aromatic nitrogens is 1. The molecule has 0 aliphatic carbocycles. The minimum absolute atomic E-state index is 0.0598. The zero-order chi connectivity index (χ0) is 18.6. The number of nitrogens with one attached hydrogen (secondary N) is 1. The standard InChI is InChI=1S/C17H17N3O3S3/c18-26(22,23)13-7-5-12(6-8-13)9-10-19-16(21)11-24-17-20-14-3-1-2-4-15(14)25-17/h1-8H,9-11H2,(H,19,21)(H2,18,22,23). The summed E-state index contributed by atoms with van der Waals surface area (Å²) in [6, 6.07) is 14.2. The number of hydrogen-bond acceptors (Lipinski definition) is 6. The topological polar surface area (TPSA) is 102 Å². The molecular formula is C17H17N3O3S3. The molecule has 0 atom stereocenters. The van der Waals surface area contributed by atoms with Crippen LogP contribution in [0.2, 0.25) is 0 Å². The molecule has 136 valence electrons. The average Bonchev–Trinajstić information content (AvgIpc) is 3.03. The molecule has 0 bridgehead atoms. The number of thioether (sulfide) groups is 1. The number of nitrogens with two attached hydrogens (primary N) is 1. The van der Waals surface area contributed by atoms with Gasteiger partial charge in [-0.15, -0.1) is 11.3 Å². The molecule has 1 aromatic heterocycles. The predicted molar refractivity (Wildman–Crippen MR) is 105 cm³/mol. The number of sulfonamides is 1. The molecule has 0 fully saturated rings. The predicted octanol–water partition coefficient (Wildman–Crippen LogP) is 2.39. The second-order valence-corrected chi connectivity index (χ2v) is 9.34. The summed E-state index contributed by atoms with van der Waals surface area (Å²) in [4.78, 5) is 16.5. The van der Waals surface area contributed by atoms with Gasteiger partial charge in [0.05, 0.1) is 20.9 Å². The van der Waals surface area contributed by atoms with Crippen LogP contribution in [0.5, 0.6) is 0 Å². The van der Waals surface area contributed by atoms with E-state index in [9.17, 15) is 13.2 Å². The Morgan fingerprint density at radius 1 is 1.15 bits per heavy atom. The van der Waals surface area contributed by atoms with Crippen molar-refractivity contribution in [1.82, 2.24) is 10.3 Å². The van der Waals surface area contributed by atoms with Crippen LogP contribution >= 0.6 is 23.1 Å². The van der Waals surface area contributed by atoms with Crippen LogP contribution in [-0.4, -0.2) is 31.6 Å². The molecule has 0 spiro atoms. The number of fused-ring (bicyclic) bond motifs is 1. The van der Waals surface area contributed by atoms with Crippen molar-refractivity contribution >= 4 is 49.2 Å². The fourth-order valence-corrected chi connectivity index (χ4v) is 4.70. The third kappa shape index (κ3) is 5.04. The number of nitrogens with zero attached hydrogens (tertiary/aromatic N) is 1. The van der Waals surface area contributed by atoms with Crippen molar-refractivity contribution in [3.63, 3.8) is 0 Å². The number of carbonyl (C=O) groups is 1. The molecule has 0 saturated carbocycles. The van der Waals surface area contributed by atoms with Crippen molar-refractivity contribution in [2.45, 2.75) is 15.7 Å². The van der Waals surface area contributed by atoms with Gasteiger partial charge in [0.1, 0.15) is 0 Å². The summed E-state index contributed by atoms with van der Waals surface area (Å²) in [5.74, 6) is 0.250. The van der Waals surface area contributed by atoms with Crippen LogP contribution in [-0.2, 0) is 21.2 Å². The molecule has 2 aromatic carbocycles. The Morgan fingerprint density at radius 2 is 1.88 bits per heavy atom. The number of primary sulfonamides is 1. The Balaban J connectivity index is 1.44. The van der Waals surface area contributed by atoms with E-state index in [4.69, 9.17) is 5.14 Å². The summed E-state index contributed by atoms with van der Waals surface area (Å²) in [5, 5.41) is 7.92. The van der Waals surface area contributed by atoms with Crippen molar-refractivity contribution in [3.8, 4) is 0 Å². The molecule has 0 aliphatic heterocycles. The van der Waals surface area contributed by atoms with E-state index < -0.39 is 10.0 Å². The lowest BCUT2D eigenvalue weighted by atomic mass is 10.1. The Kier molecular flexibility index (Phi) is 5.92. The van der Waals surface area contributed by atoms with Crippen LogP contribution in [0.3, 0.4) is 0 Å². The molecule has 0 saturated heterocycles. The highest BCUT2D eigenvalue weighted by Gasteiger charge is 2.08. The van der Waals surface area contributed by atoms with Gasteiger partial charge in [0.2, 0.25) is 15.9 Å². The van der Waals surface area contributed by atoms with Crippen LogP contribution < -0.4 is 10.5 Å². The molecule has 3 N–H and O–H groups in total. The SMILES string of the molecule is NS(=O)(=O)c1ccc(CCNC(=O)CSc2nc3ccccc3s2)cc1. The first-order valence-corrected chi connectivity index (χ1v) is 11.1. The van der Waals surface area contributed by atoms with Crippen molar-refractivity contribution in [2.24, 2.45) is 5.14 Å². The largest absolute Gasteiger partial charge is 0.355 e. The molecule has 0 unspecified atom stereocenters. The third-order valence-electron chi connectivity index (χ3n) is 3.59. The van der Waals surface area contributed by atoms with Gasteiger partial charge in [-0.25, -0.2) is 18.5 Å². The van der Waals surface area contributed by atoms with Gasteiger partial charge in [-0.1, -0.05) is 36.0 Å². The third-order valence-corrected chi connectivity index (χ3v) is 6.70. The van der Waals surface area contributed by atoms with E-state index in [-0.39, 0.29) is 10.8 Å². The van der Waals surface area contributed by atoms with Crippen molar-refractivity contribution in [2.75, 3.05) is 12.3 Å². The normalized spacial score (nSPS) is 11.6. The summed E-state index contributed by atoms with van der Waals surface area (Å²) < 4.78 is 24.4. The van der Waals surface area contributed by atoms with Crippen molar-refractivity contribution < 1.29 is 13.2 Å². The van der Waals surface area contributed by atoms with Gasteiger partial charge in [0.25, 0.3) is 0 Å². The summed E-state index contributed by atoms with van der Waals surface area (Å²) in [6.07, 6.45) is 0.614. The maximum Gasteiger partial charge on any atom is 0.238 e. The molecule has 0 radical (unpaired) electrons. The highest BCUT2D eigenvalue weighted by molar-refractivity contribution is 8.01. The second kappa shape index (κ2) is 8.17. The van der Waals surface area contributed by atoms with Crippen molar-refractivity contribution in [3.05, 3.63) is 54.1 Å². The fourth-order valence-electron chi connectivity index (χ4n) is 2.28. The van der Waals surface area contributed by atoms with Crippen LogP contribution in [0, 0.1) is 0 Å². The van der Waals surface area contributed by atoms with E-state index >= 15 is 0 Å². The number of benzene rings is 2. The van der Waals surface area contributed by atoms with Gasteiger partial charge in [0.15, 0.2) is 4.34 Å². The molecule has 1 amide bonds. The van der Waals surface area contributed by atoms with E-state index in [1.165, 1.54) is 23.9 Å². The quantitative estimate of drug-likeness (QED) is 0.586. The Morgan fingerprint density at radius 3 is 2.58 bits per heavy atom. The van der Waals surface area contributed by atoms with Gasteiger partial charge in [-0.2, -0.15) is 0 Å². The van der Waals surface area contributed by atoms with Crippen LogP contribution in [0.1, 0.15) is 5.56 Å². The summed E-state index contributed by atoms with van der Waals surface area (Å²) in [5.41, 5.74) is 1.87. The smallest absolute Gasteiger partial charge is 0.238 e. The van der Waals surface area contributed by atoms with E-state index in [2.05, 4.69) is 10.3 Å². The van der Waals surface area contributed by atoms with Gasteiger partial charge >= 0.3 is 0 Å². The van der Waals surface area contributed by atoms with Crippen LogP contribution in [0.25, 0.3) is 10.2 Å². The van der Waals surface area contributed by atoms with E-state index in [1.807, 2.05) is 24.3 Å². The van der Waals surface area contributed by atoms with Gasteiger partial charge in [-0.3, -0.25) is 4.79 Å². The van der Waals surface area contributed by atoms with Crippen LogP contribution in [0.15, 0.2) is 57.8 Å². The molecule has 1 heterocycles. The molecular weight excluding hydrogens is 390 g/mol. The molecule has 26 heavy (non-hydrogen) atoms. The average molecular weight is 408 g/mol. The lowest BCUT2D eigenvalue weighted by Gasteiger charge is -2.05. The number of thiazole rings is 1. The van der Waals surface area contributed by atoms with E-state index in [0.717, 1.165) is 20.1 Å². The van der Waals surface area contributed by atoms with Gasteiger partial charge in [0, 0.05) is 6.54 Å². The molecule has 6 nitrogen and oxygen atoms in total. The van der Waals surface area contributed by atoms with Gasteiger partial charge in [-0.05, 0) is 36.2 Å². The molecule has 9 heteroatoms. The first-order chi connectivity index (χ1) is 12.4. The van der Waals surface area contributed by atoms with E-state index in [0.29, 0.717) is 18.7 Å². The Hall–Kier alpha value is -1.94. The number of amides is 1. The lowest BCUT2D eigenvalue weighted by molar-refractivity contribution is -0.118. The Bertz CT molecular complexity index is 981. The number of para-hydroxylation sites is 1. The number of rotatable bonds is 7. The molecule has 3 aromatic rings. The highest BCUT2D eigenvalue weighted by atomic mass is 32.2. The molecule has 3 rings (SSSR count). The molecule has 0 aliphatic rings. The summed E-state index contributed by atoms with van der Waals surface area (Å²) in [7, 11) is -3.67. The monoisotopic (exact) mass is 407 g/mol. The first-order valence-electron chi connectivity index (χ1n) is 7.78. The summed E-state index contributed by atoms with van der Waals surface area (Å²) >= 11 is 3.00. The van der Waals surface area contributed by atoms with Crippen LogP contribution in [0.4, 0.5) is 0 Å². The summed E-state index contributed by atoms with van der Waals surface area (Å²) in [6.45, 7) is 0.480. The minimum atomic E-state index is -3.67. The highest BCUT2D eigenvalue weighted by Crippen LogP contribution is 2.28. The lowest BCUT2D eigenvalue weighted by Crippen LogP contribution is -2.27. The zero-order valence-corrected chi connectivity index (χ0v) is 16.2. The number of hydrogen-bond donors (Lipinski definition) is 2. The number of carbonyl (C=O) groups excluding carboxylic acids is 1. The maximum atomic E-state index is 12.0. The van der Waals surface area contributed by atoms with Gasteiger partial charge < -0.3 is 5.32 Å².